The van der Waals surface area contributed by atoms with Gasteiger partial charge in [-0.3, -0.25) is 9.59 Å². The topological polar surface area (TPSA) is 76.9 Å². The Bertz CT molecular complexity index is 903. The molecule has 1 heterocycles. The maximum Gasteiger partial charge on any atom is 0.224 e. The van der Waals surface area contributed by atoms with E-state index >= 15 is 0 Å². The van der Waals surface area contributed by atoms with E-state index in [0.717, 1.165) is 17.9 Å². The molecule has 0 radical (unpaired) electrons. The standard InChI is InChI=1S/C20H20N4O2/c1-2-24-14-21-23-20(24)16-9-6-10-17(13-16)22-19(26)12-11-18(25)15-7-4-3-5-8-15/h3-10,13-14H,2,11-12H2,1H3,(H,22,26). The van der Waals surface area contributed by atoms with Crippen molar-refractivity contribution in [3.05, 3.63) is 66.5 Å². The van der Waals surface area contributed by atoms with Crippen LogP contribution in [0.4, 0.5) is 5.69 Å². The summed E-state index contributed by atoms with van der Waals surface area (Å²) in [6.07, 6.45) is 2.00. The van der Waals surface area contributed by atoms with Gasteiger partial charge in [0.05, 0.1) is 0 Å². The lowest BCUT2D eigenvalue weighted by Gasteiger charge is -2.08. The predicted molar refractivity (Wildman–Crippen MR) is 99.8 cm³/mol. The van der Waals surface area contributed by atoms with E-state index in [1.54, 1.807) is 18.5 Å². The van der Waals surface area contributed by atoms with E-state index in [1.807, 2.05) is 54.0 Å². The molecular weight excluding hydrogens is 328 g/mol. The second kappa shape index (κ2) is 8.20. The molecule has 2 aromatic carbocycles. The largest absolute Gasteiger partial charge is 0.326 e. The highest BCUT2D eigenvalue weighted by molar-refractivity contribution is 6.00. The van der Waals surface area contributed by atoms with Gasteiger partial charge in [0.2, 0.25) is 5.91 Å². The first-order valence-electron chi connectivity index (χ1n) is 8.53. The van der Waals surface area contributed by atoms with Crippen molar-refractivity contribution in [3.8, 4) is 11.4 Å². The Morgan fingerprint density at radius 1 is 1.04 bits per heavy atom. The van der Waals surface area contributed by atoms with E-state index in [1.165, 1.54) is 0 Å². The fraction of sp³-hybridized carbons (Fsp3) is 0.200. The van der Waals surface area contributed by atoms with Gasteiger partial charge in [-0.05, 0) is 19.1 Å². The van der Waals surface area contributed by atoms with E-state index in [9.17, 15) is 9.59 Å². The Balaban J connectivity index is 1.61. The summed E-state index contributed by atoms with van der Waals surface area (Å²) in [7, 11) is 0. The van der Waals surface area contributed by atoms with Crippen LogP contribution in [0.1, 0.15) is 30.1 Å². The molecule has 0 aliphatic carbocycles. The molecule has 132 valence electrons. The Morgan fingerprint density at radius 3 is 2.62 bits per heavy atom. The van der Waals surface area contributed by atoms with Crippen molar-refractivity contribution >= 4 is 17.4 Å². The zero-order chi connectivity index (χ0) is 18.4. The van der Waals surface area contributed by atoms with Crippen LogP contribution in [0.15, 0.2) is 60.9 Å². The molecule has 0 aliphatic heterocycles. The summed E-state index contributed by atoms with van der Waals surface area (Å²) < 4.78 is 1.93. The molecule has 0 unspecified atom stereocenters. The van der Waals surface area contributed by atoms with Gasteiger partial charge in [0.25, 0.3) is 0 Å². The molecule has 0 spiro atoms. The molecule has 6 nitrogen and oxygen atoms in total. The van der Waals surface area contributed by atoms with Crippen LogP contribution in [-0.4, -0.2) is 26.5 Å². The smallest absolute Gasteiger partial charge is 0.224 e. The lowest BCUT2D eigenvalue weighted by atomic mass is 10.1. The van der Waals surface area contributed by atoms with Crippen LogP contribution < -0.4 is 5.32 Å². The molecule has 1 aromatic heterocycles. The number of amides is 1. The minimum absolute atomic E-state index is 0.0365. The van der Waals surface area contributed by atoms with Crippen LogP contribution in [-0.2, 0) is 11.3 Å². The number of hydrogen-bond acceptors (Lipinski definition) is 4. The van der Waals surface area contributed by atoms with E-state index in [0.29, 0.717) is 11.3 Å². The highest BCUT2D eigenvalue weighted by Crippen LogP contribution is 2.21. The first-order valence-corrected chi connectivity index (χ1v) is 8.53. The normalized spacial score (nSPS) is 10.5. The molecular formula is C20H20N4O2. The second-order valence-corrected chi connectivity index (χ2v) is 5.86. The Morgan fingerprint density at radius 2 is 1.85 bits per heavy atom. The van der Waals surface area contributed by atoms with Crippen LogP contribution >= 0.6 is 0 Å². The van der Waals surface area contributed by atoms with Crippen molar-refractivity contribution in [3.63, 3.8) is 0 Å². The van der Waals surface area contributed by atoms with Crippen molar-refractivity contribution in [1.82, 2.24) is 14.8 Å². The van der Waals surface area contributed by atoms with E-state index in [4.69, 9.17) is 0 Å². The monoisotopic (exact) mass is 348 g/mol. The van der Waals surface area contributed by atoms with Crippen molar-refractivity contribution in [2.75, 3.05) is 5.32 Å². The molecule has 1 amide bonds. The Labute approximate surface area is 151 Å². The number of hydrogen-bond donors (Lipinski definition) is 1. The van der Waals surface area contributed by atoms with Crippen LogP contribution in [0, 0.1) is 0 Å². The number of aromatic nitrogens is 3. The summed E-state index contributed by atoms with van der Waals surface area (Å²) in [6.45, 7) is 2.78. The predicted octanol–water partition coefficient (Wildman–Crippen LogP) is 3.57. The summed E-state index contributed by atoms with van der Waals surface area (Å²) in [5.41, 5.74) is 2.18. The second-order valence-electron chi connectivity index (χ2n) is 5.86. The Kier molecular flexibility index (Phi) is 5.53. The number of Topliss-reactive ketones (excluding diaryl/α,β-unsaturated/α-hetero) is 1. The average Bonchev–Trinajstić information content (AvgIpc) is 3.16. The minimum atomic E-state index is -0.191. The number of nitrogens with zero attached hydrogens (tertiary/aromatic N) is 3. The fourth-order valence-corrected chi connectivity index (χ4v) is 2.66. The molecule has 0 aliphatic rings. The number of rotatable bonds is 7. The van der Waals surface area contributed by atoms with E-state index in [-0.39, 0.29) is 24.5 Å². The van der Waals surface area contributed by atoms with Crippen molar-refractivity contribution in [2.45, 2.75) is 26.3 Å². The number of anilines is 1. The number of ketones is 1. The van der Waals surface area contributed by atoms with Crippen LogP contribution in [0.2, 0.25) is 0 Å². The highest BCUT2D eigenvalue weighted by Gasteiger charge is 2.11. The summed E-state index contributed by atoms with van der Waals surface area (Å²) in [6, 6.07) is 16.4. The van der Waals surface area contributed by atoms with Gasteiger partial charge in [-0.2, -0.15) is 0 Å². The summed E-state index contributed by atoms with van der Waals surface area (Å²) in [5.74, 6) is 0.525. The molecule has 26 heavy (non-hydrogen) atoms. The Hall–Kier alpha value is -3.28. The highest BCUT2D eigenvalue weighted by atomic mass is 16.2. The number of benzene rings is 2. The van der Waals surface area contributed by atoms with Gasteiger partial charge in [0.1, 0.15) is 6.33 Å². The molecule has 0 fully saturated rings. The van der Waals surface area contributed by atoms with Crippen molar-refractivity contribution in [2.24, 2.45) is 0 Å². The maximum atomic E-state index is 12.2. The quantitative estimate of drug-likeness (QED) is 0.662. The lowest BCUT2D eigenvalue weighted by Crippen LogP contribution is -2.13. The third-order valence-corrected chi connectivity index (χ3v) is 4.04. The molecule has 3 rings (SSSR count). The first-order chi connectivity index (χ1) is 12.7. The molecule has 0 saturated heterocycles. The molecule has 1 N–H and O–H groups in total. The van der Waals surface area contributed by atoms with Gasteiger partial charge < -0.3 is 9.88 Å². The third kappa shape index (κ3) is 4.22. The third-order valence-electron chi connectivity index (χ3n) is 4.04. The zero-order valence-corrected chi connectivity index (χ0v) is 14.6. The van der Waals surface area contributed by atoms with Crippen molar-refractivity contribution in [1.29, 1.82) is 0 Å². The fourth-order valence-electron chi connectivity index (χ4n) is 2.66. The van der Waals surface area contributed by atoms with Crippen LogP contribution in [0.3, 0.4) is 0 Å². The molecule has 0 saturated carbocycles. The van der Waals surface area contributed by atoms with E-state index < -0.39 is 0 Å². The number of nitrogens with one attached hydrogen (secondary N) is 1. The summed E-state index contributed by atoms with van der Waals surface area (Å²) >= 11 is 0. The summed E-state index contributed by atoms with van der Waals surface area (Å²) in [4.78, 5) is 24.3. The van der Waals surface area contributed by atoms with Gasteiger partial charge in [-0.25, -0.2) is 0 Å². The van der Waals surface area contributed by atoms with Gasteiger partial charge in [-0.1, -0.05) is 42.5 Å². The van der Waals surface area contributed by atoms with Gasteiger partial charge in [-0.15, -0.1) is 10.2 Å². The van der Waals surface area contributed by atoms with Crippen LogP contribution in [0.25, 0.3) is 11.4 Å². The SMILES string of the molecule is CCn1cnnc1-c1cccc(NC(=O)CCC(=O)c2ccccc2)c1. The van der Waals surface area contributed by atoms with Crippen molar-refractivity contribution < 1.29 is 9.59 Å². The van der Waals surface area contributed by atoms with Gasteiger partial charge in [0.15, 0.2) is 11.6 Å². The molecule has 6 heteroatoms. The van der Waals surface area contributed by atoms with Gasteiger partial charge in [0, 0.05) is 36.2 Å². The van der Waals surface area contributed by atoms with E-state index in [2.05, 4.69) is 15.5 Å². The molecule has 3 aromatic rings. The number of carbonyl (C=O) groups is 2. The first kappa shape index (κ1) is 17.5. The molecule has 0 atom stereocenters. The van der Waals surface area contributed by atoms with Gasteiger partial charge >= 0.3 is 0 Å². The average molecular weight is 348 g/mol. The van der Waals surface area contributed by atoms with Crippen LogP contribution in [0.5, 0.6) is 0 Å². The number of aryl methyl sites for hydroxylation is 1. The lowest BCUT2D eigenvalue weighted by molar-refractivity contribution is -0.116. The summed E-state index contributed by atoms with van der Waals surface area (Å²) in [5, 5.41) is 10.9. The maximum absolute atomic E-state index is 12.2. The molecule has 0 bridgehead atoms. The minimum Gasteiger partial charge on any atom is -0.326 e. The zero-order valence-electron chi connectivity index (χ0n) is 14.6. The number of carbonyl (C=O) groups excluding carboxylic acids is 2.